The van der Waals surface area contributed by atoms with Crippen LogP contribution < -0.4 is 0 Å². The Morgan fingerprint density at radius 1 is 1.08 bits per heavy atom. The van der Waals surface area contributed by atoms with Crippen molar-refractivity contribution in [3.63, 3.8) is 0 Å². The minimum Gasteiger partial charge on any atom is -0.396 e. The van der Waals surface area contributed by atoms with Crippen LogP contribution in [-0.2, 0) is 0 Å². The summed E-state index contributed by atoms with van der Waals surface area (Å²) >= 11 is 0. The summed E-state index contributed by atoms with van der Waals surface area (Å²) in [6, 6.07) is 0. The molecule has 2 spiro atoms. The number of aliphatic hydroxyl groups excluding tert-OH is 1. The molecule has 0 aromatic heterocycles. The molecule has 0 amide bonds. The highest BCUT2D eigenvalue weighted by atomic mass is 16.3. The topological polar surface area (TPSA) is 20.2 Å². The molecular formula is C11H18O. The summed E-state index contributed by atoms with van der Waals surface area (Å²) in [5.74, 6) is 0.669. The van der Waals surface area contributed by atoms with Crippen molar-refractivity contribution < 1.29 is 5.11 Å². The van der Waals surface area contributed by atoms with E-state index in [1.165, 1.54) is 44.9 Å². The Balaban J connectivity index is 1.56. The molecule has 0 heterocycles. The Morgan fingerprint density at radius 3 is 2.17 bits per heavy atom. The second kappa shape index (κ2) is 2.06. The number of hydrogen-bond acceptors (Lipinski definition) is 1. The summed E-state index contributed by atoms with van der Waals surface area (Å²) < 4.78 is 0. The summed E-state index contributed by atoms with van der Waals surface area (Å²) in [4.78, 5) is 0. The lowest BCUT2D eigenvalue weighted by Gasteiger charge is -2.67. The second-order valence-electron chi connectivity index (χ2n) is 5.66. The van der Waals surface area contributed by atoms with Crippen molar-refractivity contribution in [2.45, 2.75) is 44.9 Å². The minimum absolute atomic E-state index is 0.439. The molecule has 0 bridgehead atoms. The quantitative estimate of drug-likeness (QED) is 0.634. The Kier molecular flexibility index (Phi) is 1.27. The third-order valence-electron chi connectivity index (χ3n) is 4.62. The summed E-state index contributed by atoms with van der Waals surface area (Å²) in [6.45, 7) is 0.439. The lowest BCUT2D eigenvalue weighted by molar-refractivity contribution is -0.168. The maximum Gasteiger partial charge on any atom is 0.0459 e. The van der Waals surface area contributed by atoms with Crippen LogP contribution >= 0.6 is 0 Å². The summed E-state index contributed by atoms with van der Waals surface area (Å²) in [7, 11) is 0. The van der Waals surface area contributed by atoms with Crippen LogP contribution in [0.5, 0.6) is 0 Å². The van der Waals surface area contributed by atoms with E-state index in [0.717, 1.165) is 10.8 Å². The van der Waals surface area contributed by atoms with E-state index in [9.17, 15) is 0 Å². The smallest absolute Gasteiger partial charge is 0.0459 e. The first-order valence-electron chi connectivity index (χ1n) is 5.37. The predicted molar refractivity (Wildman–Crippen MR) is 47.8 cm³/mol. The van der Waals surface area contributed by atoms with Crippen LogP contribution in [-0.4, -0.2) is 11.7 Å². The van der Waals surface area contributed by atoms with Gasteiger partial charge in [0, 0.05) is 6.61 Å². The zero-order valence-corrected chi connectivity index (χ0v) is 7.68. The van der Waals surface area contributed by atoms with Gasteiger partial charge in [-0.25, -0.2) is 0 Å². The highest BCUT2D eigenvalue weighted by molar-refractivity contribution is 5.11. The molecule has 3 aliphatic carbocycles. The Morgan fingerprint density at radius 2 is 1.75 bits per heavy atom. The zero-order chi connectivity index (χ0) is 8.23. The molecule has 1 N–H and O–H groups in total. The largest absolute Gasteiger partial charge is 0.396 e. The van der Waals surface area contributed by atoms with Crippen molar-refractivity contribution in [3.8, 4) is 0 Å². The molecule has 68 valence electrons. The lowest BCUT2D eigenvalue weighted by atomic mass is 9.38. The molecule has 3 rings (SSSR count). The van der Waals surface area contributed by atoms with Crippen LogP contribution in [0.4, 0.5) is 0 Å². The summed E-state index contributed by atoms with van der Waals surface area (Å²) in [5.41, 5.74) is 1.58. The fourth-order valence-electron chi connectivity index (χ4n) is 4.15. The molecule has 0 saturated heterocycles. The van der Waals surface area contributed by atoms with Gasteiger partial charge in [-0.2, -0.15) is 0 Å². The van der Waals surface area contributed by atoms with Gasteiger partial charge in [-0.05, 0) is 55.3 Å². The van der Waals surface area contributed by atoms with Gasteiger partial charge in [0.15, 0.2) is 0 Å². The van der Waals surface area contributed by atoms with E-state index in [2.05, 4.69) is 0 Å². The molecule has 3 saturated carbocycles. The Labute approximate surface area is 74.2 Å². The predicted octanol–water partition coefficient (Wildman–Crippen LogP) is 2.34. The first-order chi connectivity index (χ1) is 5.76. The van der Waals surface area contributed by atoms with Gasteiger partial charge in [0.2, 0.25) is 0 Å². The molecule has 1 heteroatoms. The van der Waals surface area contributed by atoms with Gasteiger partial charge >= 0.3 is 0 Å². The average Bonchev–Trinajstić information content (AvgIpc) is 1.78. The Hall–Kier alpha value is -0.0400. The highest BCUT2D eigenvalue weighted by Crippen LogP contribution is 2.71. The standard InChI is InChI=1S/C11H18O/c12-6-9-4-11(5-9)7-10(8-11)2-1-3-10/h9,12H,1-8H2. The number of rotatable bonds is 1. The van der Waals surface area contributed by atoms with Gasteiger partial charge < -0.3 is 5.11 Å². The molecule has 0 aliphatic heterocycles. The fourth-order valence-corrected chi connectivity index (χ4v) is 4.15. The van der Waals surface area contributed by atoms with E-state index < -0.39 is 0 Å². The van der Waals surface area contributed by atoms with Crippen LogP contribution in [0.2, 0.25) is 0 Å². The van der Waals surface area contributed by atoms with E-state index in [1.54, 1.807) is 0 Å². The average molecular weight is 166 g/mol. The third-order valence-corrected chi connectivity index (χ3v) is 4.62. The molecule has 0 radical (unpaired) electrons. The van der Waals surface area contributed by atoms with Crippen molar-refractivity contribution >= 4 is 0 Å². The molecule has 3 fully saturated rings. The molecule has 1 nitrogen and oxygen atoms in total. The zero-order valence-electron chi connectivity index (χ0n) is 7.68. The molecule has 0 atom stereocenters. The number of aliphatic hydroxyl groups is 1. The van der Waals surface area contributed by atoms with Crippen molar-refractivity contribution in [1.82, 2.24) is 0 Å². The highest BCUT2D eigenvalue weighted by Gasteiger charge is 2.61. The molecule has 0 aromatic carbocycles. The van der Waals surface area contributed by atoms with Crippen LogP contribution in [0.25, 0.3) is 0 Å². The SMILES string of the molecule is OCC1CC2(C1)CC1(CCC1)C2. The van der Waals surface area contributed by atoms with Crippen LogP contribution in [0.3, 0.4) is 0 Å². The van der Waals surface area contributed by atoms with Gasteiger partial charge in [-0.15, -0.1) is 0 Å². The van der Waals surface area contributed by atoms with E-state index in [1.807, 2.05) is 0 Å². The van der Waals surface area contributed by atoms with Gasteiger partial charge in [0.25, 0.3) is 0 Å². The van der Waals surface area contributed by atoms with Crippen LogP contribution in [0, 0.1) is 16.7 Å². The van der Waals surface area contributed by atoms with E-state index in [-0.39, 0.29) is 0 Å². The van der Waals surface area contributed by atoms with Crippen molar-refractivity contribution in [3.05, 3.63) is 0 Å². The summed E-state index contributed by atoms with van der Waals surface area (Å²) in [6.07, 6.45) is 10.2. The second-order valence-corrected chi connectivity index (χ2v) is 5.66. The third kappa shape index (κ3) is 0.783. The minimum atomic E-state index is 0.439. The lowest BCUT2D eigenvalue weighted by Crippen LogP contribution is -2.56. The summed E-state index contributed by atoms with van der Waals surface area (Å²) in [5, 5.41) is 8.94. The Bertz CT molecular complexity index is 189. The normalized spacial score (nSPS) is 35.8. The molecule has 3 aliphatic rings. The van der Waals surface area contributed by atoms with Gasteiger partial charge in [-0.3, -0.25) is 0 Å². The van der Waals surface area contributed by atoms with Crippen molar-refractivity contribution in [1.29, 1.82) is 0 Å². The molecule has 0 unspecified atom stereocenters. The van der Waals surface area contributed by atoms with E-state index in [4.69, 9.17) is 5.11 Å². The van der Waals surface area contributed by atoms with Crippen LogP contribution in [0.15, 0.2) is 0 Å². The van der Waals surface area contributed by atoms with E-state index in [0.29, 0.717) is 12.5 Å². The van der Waals surface area contributed by atoms with E-state index >= 15 is 0 Å². The van der Waals surface area contributed by atoms with Crippen LogP contribution in [0.1, 0.15) is 44.9 Å². The van der Waals surface area contributed by atoms with Crippen molar-refractivity contribution in [2.75, 3.05) is 6.61 Å². The van der Waals surface area contributed by atoms with Gasteiger partial charge in [-0.1, -0.05) is 6.42 Å². The maximum atomic E-state index is 8.94. The molecular weight excluding hydrogens is 148 g/mol. The number of hydrogen-bond donors (Lipinski definition) is 1. The monoisotopic (exact) mass is 166 g/mol. The molecule has 0 aromatic rings. The van der Waals surface area contributed by atoms with Gasteiger partial charge in [0.05, 0.1) is 0 Å². The van der Waals surface area contributed by atoms with Crippen molar-refractivity contribution in [2.24, 2.45) is 16.7 Å². The van der Waals surface area contributed by atoms with Gasteiger partial charge in [0.1, 0.15) is 0 Å². The first kappa shape index (κ1) is 7.37. The fraction of sp³-hybridized carbons (Fsp3) is 1.00. The first-order valence-corrected chi connectivity index (χ1v) is 5.37. The molecule has 12 heavy (non-hydrogen) atoms. The maximum absolute atomic E-state index is 8.94.